The number of carbonyl (C=O) groups excluding carboxylic acids is 2. The second-order valence-electron chi connectivity index (χ2n) is 7.90. The van der Waals surface area contributed by atoms with Crippen LogP contribution in [0.4, 0.5) is 0 Å². The third kappa shape index (κ3) is 3.97. The van der Waals surface area contributed by atoms with Crippen LogP contribution in [0.2, 0.25) is 0 Å². The normalized spacial score (nSPS) is 25.4. The van der Waals surface area contributed by atoms with Crippen LogP contribution in [-0.4, -0.2) is 82.9 Å². The molecule has 0 bridgehead atoms. The van der Waals surface area contributed by atoms with Crippen molar-refractivity contribution < 1.29 is 19.5 Å². The maximum absolute atomic E-state index is 12.5. The molecule has 1 N–H and O–H groups in total. The van der Waals surface area contributed by atoms with E-state index >= 15 is 0 Å². The van der Waals surface area contributed by atoms with E-state index in [1.165, 1.54) is 17.7 Å². The summed E-state index contributed by atoms with van der Waals surface area (Å²) in [6.07, 6.45) is 5.30. The van der Waals surface area contributed by atoms with Gasteiger partial charge in [-0.25, -0.2) is 4.79 Å². The summed E-state index contributed by atoms with van der Waals surface area (Å²) in [5.74, 6) is -0.809. The number of amides is 2. The summed E-state index contributed by atoms with van der Waals surface area (Å²) < 4.78 is 0. The van der Waals surface area contributed by atoms with Gasteiger partial charge in [0.1, 0.15) is 6.04 Å². The van der Waals surface area contributed by atoms with Crippen LogP contribution in [0.25, 0.3) is 0 Å². The van der Waals surface area contributed by atoms with E-state index < -0.39 is 12.0 Å². The Labute approximate surface area is 148 Å². The molecule has 7 heteroatoms. The molecule has 0 radical (unpaired) electrons. The van der Waals surface area contributed by atoms with Crippen molar-refractivity contribution in [3.63, 3.8) is 0 Å². The molecule has 0 aromatic heterocycles. The van der Waals surface area contributed by atoms with E-state index in [0.717, 1.165) is 45.4 Å². The number of carboxylic acids is 1. The Bertz CT molecular complexity index is 536. The minimum atomic E-state index is -0.955. The molecule has 3 saturated heterocycles. The molecule has 25 heavy (non-hydrogen) atoms. The number of aliphatic carboxylic acids is 1. The lowest BCUT2D eigenvalue weighted by Crippen LogP contribution is -2.56. The maximum atomic E-state index is 12.5. The minimum Gasteiger partial charge on any atom is -0.480 e. The largest absolute Gasteiger partial charge is 0.480 e. The first kappa shape index (κ1) is 18.2. The summed E-state index contributed by atoms with van der Waals surface area (Å²) in [4.78, 5) is 41.6. The zero-order valence-electron chi connectivity index (χ0n) is 15.1. The molecule has 3 heterocycles. The quantitative estimate of drug-likeness (QED) is 0.810. The number of hydrogen-bond donors (Lipinski definition) is 1. The van der Waals surface area contributed by atoms with E-state index in [2.05, 4.69) is 4.90 Å². The molecular formula is C18H29N3O4. The summed E-state index contributed by atoms with van der Waals surface area (Å²) >= 11 is 0. The Morgan fingerprint density at radius 3 is 2.36 bits per heavy atom. The summed E-state index contributed by atoms with van der Waals surface area (Å²) in [5, 5.41) is 9.24. The van der Waals surface area contributed by atoms with Gasteiger partial charge in [0, 0.05) is 26.1 Å². The third-order valence-electron chi connectivity index (χ3n) is 6.25. The lowest BCUT2D eigenvalue weighted by Gasteiger charge is -2.48. The van der Waals surface area contributed by atoms with Crippen molar-refractivity contribution in [2.24, 2.45) is 5.41 Å². The first-order valence-electron chi connectivity index (χ1n) is 9.43. The Balaban J connectivity index is 1.55. The van der Waals surface area contributed by atoms with Gasteiger partial charge in [-0.1, -0.05) is 0 Å². The second-order valence-corrected chi connectivity index (χ2v) is 7.90. The summed E-state index contributed by atoms with van der Waals surface area (Å²) in [7, 11) is 0. The predicted octanol–water partition coefficient (Wildman–Crippen LogP) is 0.787. The van der Waals surface area contributed by atoms with Gasteiger partial charge in [0.05, 0.1) is 6.54 Å². The van der Waals surface area contributed by atoms with E-state index in [0.29, 0.717) is 19.5 Å². The van der Waals surface area contributed by atoms with Crippen LogP contribution in [0.5, 0.6) is 0 Å². The zero-order valence-corrected chi connectivity index (χ0v) is 15.1. The molecule has 0 aromatic carbocycles. The molecule has 1 spiro atoms. The fourth-order valence-corrected chi connectivity index (χ4v) is 4.40. The van der Waals surface area contributed by atoms with Gasteiger partial charge in [-0.2, -0.15) is 0 Å². The van der Waals surface area contributed by atoms with Gasteiger partial charge in [0.25, 0.3) is 0 Å². The average Bonchev–Trinajstić information content (AvgIpc) is 3.10. The number of piperidine rings is 2. The molecular weight excluding hydrogens is 322 g/mol. The van der Waals surface area contributed by atoms with Crippen molar-refractivity contribution in [1.82, 2.24) is 14.7 Å². The molecule has 0 aromatic rings. The van der Waals surface area contributed by atoms with Crippen LogP contribution in [-0.2, 0) is 14.4 Å². The van der Waals surface area contributed by atoms with Crippen LogP contribution in [0.15, 0.2) is 0 Å². The van der Waals surface area contributed by atoms with Crippen LogP contribution in [0.1, 0.15) is 45.4 Å². The molecule has 0 saturated carbocycles. The van der Waals surface area contributed by atoms with E-state index in [9.17, 15) is 19.5 Å². The molecule has 1 unspecified atom stereocenters. The smallest absolute Gasteiger partial charge is 0.326 e. The van der Waals surface area contributed by atoms with Crippen LogP contribution in [0, 0.1) is 5.41 Å². The van der Waals surface area contributed by atoms with Crippen molar-refractivity contribution in [1.29, 1.82) is 0 Å². The van der Waals surface area contributed by atoms with Crippen LogP contribution < -0.4 is 0 Å². The number of likely N-dealkylation sites (tertiary alicyclic amines) is 3. The Morgan fingerprint density at radius 1 is 1.12 bits per heavy atom. The highest BCUT2D eigenvalue weighted by Gasteiger charge is 2.43. The highest BCUT2D eigenvalue weighted by Crippen LogP contribution is 2.40. The topological polar surface area (TPSA) is 81.2 Å². The molecule has 2 amide bonds. The van der Waals surface area contributed by atoms with E-state index in [-0.39, 0.29) is 17.2 Å². The van der Waals surface area contributed by atoms with Gasteiger partial charge in [-0.05, 0) is 57.5 Å². The number of hydrogen-bond acceptors (Lipinski definition) is 4. The second kappa shape index (κ2) is 7.32. The number of nitrogens with zero attached hydrogens (tertiary/aromatic N) is 3. The standard InChI is InChI=1S/C18H29N3O4/c1-14(17(24)25)21-13-18(5-4-15(21)22)6-10-20(11-7-18)16(23)12-19-8-2-3-9-19/h14H,2-13H2,1H3,(H,24,25). The highest BCUT2D eigenvalue weighted by atomic mass is 16.4. The monoisotopic (exact) mass is 351 g/mol. The SMILES string of the molecule is CC(C(=O)O)N1CC2(CCC1=O)CCN(C(=O)CN1CCCC1)CC2. The van der Waals surface area contributed by atoms with Gasteiger partial charge < -0.3 is 14.9 Å². The molecule has 1 atom stereocenters. The van der Waals surface area contributed by atoms with Crippen molar-refractivity contribution in [3.05, 3.63) is 0 Å². The van der Waals surface area contributed by atoms with E-state index in [4.69, 9.17) is 0 Å². The Kier molecular flexibility index (Phi) is 5.32. The van der Waals surface area contributed by atoms with Crippen molar-refractivity contribution >= 4 is 17.8 Å². The lowest BCUT2D eigenvalue weighted by molar-refractivity contribution is -0.155. The first-order chi connectivity index (χ1) is 11.9. The maximum Gasteiger partial charge on any atom is 0.326 e. The van der Waals surface area contributed by atoms with E-state index in [1.54, 1.807) is 6.92 Å². The molecule has 0 aliphatic carbocycles. The third-order valence-corrected chi connectivity index (χ3v) is 6.25. The highest BCUT2D eigenvalue weighted by molar-refractivity contribution is 5.84. The minimum absolute atomic E-state index is 0.0257. The Morgan fingerprint density at radius 2 is 1.76 bits per heavy atom. The van der Waals surface area contributed by atoms with Gasteiger partial charge in [0.15, 0.2) is 0 Å². The molecule has 7 nitrogen and oxygen atoms in total. The van der Waals surface area contributed by atoms with E-state index in [1.807, 2.05) is 4.90 Å². The summed E-state index contributed by atoms with van der Waals surface area (Å²) in [5.41, 5.74) is -0.0257. The van der Waals surface area contributed by atoms with Gasteiger partial charge in [-0.3, -0.25) is 14.5 Å². The van der Waals surface area contributed by atoms with Crippen molar-refractivity contribution in [2.45, 2.75) is 51.5 Å². The van der Waals surface area contributed by atoms with Gasteiger partial charge in [-0.15, -0.1) is 0 Å². The van der Waals surface area contributed by atoms with Gasteiger partial charge in [0.2, 0.25) is 11.8 Å². The predicted molar refractivity (Wildman–Crippen MR) is 92.0 cm³/mol. The number of rotatable bonds is 4. The first-order valence-corrected chi connectivity index (χ1v) is 9.43. The van der Waals surface area contributed by atoms with Crippen LogP contribution in [0.3, 0.4) is 0 Å². The van der Waals surface area contributed by atoms with Crippen molar-refractivity contribution in [2.75, 3.05) is 39.3 Å². The average molecular weight is 351 g/mol. The lowest BCUT2D eigenvalue weighted by atomic mass is 9.72. The summed E-state index contributed by atoms with van der Waals surface area (Å²) in [6, 6.07) is -0.778. The molecule has 3 aliphatic rings. The fraction of sp³-hybridized carbons (Fsp3) is 0.833. The summed E-state index contributed by atoms with van der Waals surface area (Å²) in [6.45, 7) is 6.09. The number of carbonyl (C=O) groups is 3. The molecule has 3 rings (SSSR count). The van der Waals surface area contributed by atoms with Crippen molar-refractivity contribution in [3.8, 4) is 0 Å². The molecule has 3 aliphatic heterocycles. The Hall–Kier alpha value is -1.63. The molecule has 140 valence electrons. The van der Waals surface area contributed by atoms with Crippen LogP contribution >= 0.6 is 0 Å². The van der Waals surface area contributed by atoms with Gasteiger partial charge >= 0.3 is 5.97 Å². The fourth-order valence-electron chi connectivity index (χ4n) is 4.40. The number of carboxylic acid groups (broad SMARTS) is 1. The molecule has 3 fully saturated rings. The zero-order chi connectivity index (χ0) is 18.0.